The lowest BCUT2D eigenvalue weighted by Gasteiger charge is -2.17. The van der Waals surface area contributed by atoms with Crippen LogP contribution in [0.25, 0.3) is 0 Å². The maximum absolute atomic E-state index is 12.8. The fraction of sp³-hybridized carbons (Fsp3) is 0.500. The van der Waals surface area contributed by atoms with Gasteiger partial charge in [-0.05, 0) is 42.0 Å². The van der Waals surface area contributed by atoms with E-state index in [0.29, 0.717) is 12.5 Å². The van der Waals surface area contributed by atoms with E-state index in [4.69, 9.17) is 11.6 Å². The van der Waals surface area contributed by atoms with Gasteiger partial charge in [-0.2, -0.15) is 24.9 Å². The lowest BCUT2D eigenvalue weighted by Crippen LogP contribution is -2.17. The van der Waals surface area contributed by atoms with Crippen molar-refractivity contribution in [2.45, 2.75) is 12.6 Å². The summed E-state index contributed by atoms with van der Waals surface area (Å²) in [6, 6.07) is 3.84. The van der Waals surface area contributed by atoms with Gasteiger partial charge in [0.25, 0.3) is 0 Å². The van der Waals surface area contributed by atoms with Crippen molar-refractivity contribution in [2.24, 2.45) is 5.92 Å². The second kappa shape index (κ2) is 5.61. The molecule has 0 radical (unpaired) electrons. The largest absolute Gasteiger partial charge is 0.418 e. The molecule has 1 aliphatic heterocycles. The molecule has 1 heterocycles. The monoisotopic (exact) mass is 295 g/mol. The molecule has 1 N–H and O–H groups in total. The third kappa shape index (κ3) is 3.48. The van der Waals surface area contributed by atoms with Crippen LogP contribution in [0.5, 0.6) is 0 Å². The number of thioether (sulfide) groups is 1. The van der Waals surface area contributed by atoms with E-state index in [2.05, 4.69) is 5.32 Å². The van der Waals surface area contributed by atoms with Crippen LogP contribution in [-0.2, 0) is 6.18 Å². The standard InChI is InChI=1S/C12H13ClF3NS/c13-9-1-2-11(10(5-9)12(14,15)16)17-6-8-3-4-18-7-8/h1-2,5,8,17H,3-4,6-7H2. The fourth-order valence-corrected chi connectivity index (χ4v) is 3.36. The van der Waals surface area contributed by atoms with Gasteiger partial charge in [-0.15, -0.1) is 0 Å². The molecular weight excluding hydrogens is 283 g/mol. The molecule has 1 aromatic rings. The summed E-state index contributed by atoms with van der Waals surface area (Å²) >= 11 is 7.47. The predicted octanol–water partition coefficient (Wildman–Crippen LogP) is 4.52. The molecule has 0 amide bonds. The van der Waals surface area contributed by atoms with E-state index in [1.807, 2.05) is 11.8 Å². The lowest BCUT2D eigenvalue weighted by atomic mass is 10.1. The Bertz CT molecular complexity index is 416. The highest BCUT2D eigenvalue weighted by atomic mass is 35.5. The first-order valence-electron chi connectivity index (χ1n) is 5.65. The van der Waals surface area contributed by atoms with Crippen LogP contribution < -0.4 is 5.32 Å². The van der Waals surface area contributed by atoms with Crippen LogP contribution in [0, 0.1) is 5.92 Å². The first-order chi connectivity index (χ1) is 8.47. The molecule has 0 aromatic heterocycles. The predicted molar refractivity (Wildman–Crippen MR) is 70.4 cm³/mol. The van der Waals surface area contributed by atoms with Crippen LogP contribution in [0.1, 0.15) is 12.0 Å². The molecule has 1 unspecified atom stereocenters. The van der Waals surface area contributed by atoms with Crippen molar-refractivity contribution in [1.82, 2.24) is 0 Å². The Morgan fingerprint density at radius 2 is 2.17 bits per heavy atom. The van der Waals surface area contributed by atoms with E-state index < -0.39 is 11.7 Å². The summed E-state index contributed by atoms with van der Waals surface area (Å²) in [4.78, 5) is 0. The zero-order valence-electron chi connectivity index (χ0n) is 9.56. The van der Waals surface area contributed by atoms with Gasteiger partial charge in [-0.25, -0.2) is 0 Å². The quantitative estimate of drug-likeness (QED) is 0.879. The van der Waals surface area contributed by atoms with Gasteiger partial charge < -0.3 is 5.32 Å². The van der Waals surface area contributed by atoms with Gasteiger partial charge in [0.05, 0.1) is 5.56 Å². The van der Waals surface area contributed by atoms with Crippen molar-refractivity contribution in [2.75, 3.05) is 23.4 Å². The van der Waals surface area contributed by atoms with Crippen LogP contribution in [0.15, 0.2) is 18.2 Å². The van der Waals surface area contributed by atoms with Gasteiger partial charge in [0.15, 0.2) is 0 Å². The SMILES string of the molecule is FC(F)(F)c1cc(Cl)ccc1NCC1CCSC1. The molecule has 1 atom stereocenters. The molecule has 1 fully saturated rings. The summed E-state index contributed by atoms with van der Waals surface area (Å²) in [5.41, 5.74) is -0.579. The second-order valence-electron chi connectivity index (χ2n) is 4.30. The molecule has 1 saturated heterocycles. The molecule has 0 aliphatic carbocycles. The van der Waals surface area contributed by atoms with Crippen molar-refractivity contribution in [3.8, 4) is 0 Å². The summed E-state index contributed by atoms with van der Waals surface area (Å²) in [5.74, 6) is 2.56. The number of hydrogen-bond acceptors (Lipinski definition) is 2. The topological polar surface area (TPSA) is 12.0 Å². The van der Waals surface area contributed by atoms with Gasteiger partial charge >= 0.3 is 6.18 Å². The minimum absolute atomic E-state index is 0.101. The second-order valence-corrected chi connectivity index (χ2v) is 5.88. The summed E-state index contributed by atoms with van der Waals surface area (Å²) in [6.45, 7) is 0.581. The van der Waals surface area contributed by atoms with Gasteiger partial charge in [-0.3, -0.25) is 0 Å². The van der Waals surface area contributed by atoms with Crippen molar-refractivity contribution in [1.29, 1.82) is 0 Å². The van der Waals surface area contributed by atoms with E-state index in [-0.39, 0.29) is 10.7 Å². The van der Waals surface area contributed by atoms with Crippen LogP contribution in [0.3, 0.4) is 0 Å². The van der Waals surface area contributed by atoms with Crippen LogP contribution in [0.2, 0.25) is 5.02 Å². The Balaban J connectivity index is 2.11. The zero-order chi connectivity index (χ0) is 13.2. The number of nitrogens with one attached hydrogen (secondary N) is 1. The lowest BCUT2D eigenvalue weighted by molar-refractivity contribution is -0.136. The molecule has 0 spiro atoms. The maximum atomic E-state index is 12.8. The molecule has 1 aromatic carbocycles. The zero-order valence-corrected chi connectivity index (χ0v) is 11.1. The normalized spacial score (nSPS) is 20.1. The number of alkyl halides is 3. The fourth-order valence-electron chi connectivity index (χ4n) is 1.90. The summed E-state index contributed by atoms with van der Waals surface area (Å²) < 4.78 is 38.5. The van der Waals surface area contributed by atoms with Crippen molar-refractivity contribution >= 4 is 29.1 Å². The van der Waals surface area contributed by atoms with Crippen molar-refractivity contribution in [3.63, 3.8) is 0 Å². The number of halogens is 4. The molecule has 1 nitrogen and oxygen atoms in total. The van der Waals surface area contributed by atoms with E-state index >= 15 is 0 Å². The van der Waals surface area contributed by atoms with Crippen LogP contribution in [-0.4, -0.2) is 18.1 Å². The number of hydrogen-bond donors (Lipinski definition) is 1. The molecule has 18 heavy (non-hydrogen) atoms. The summed E-state index contributed by atoms with van der Waals surface area (Å²) in [6.07, 6.45) is -3.32. The Labute approximate surface area is 113 Å². The first kappa shape index (κ1) is 13.9. The van der Waals surface area contributed by atoms with Crippen LogP contribution >= 0.6 is 23.4 Å². The first-order valence-corrected chi connectivity index (χ1v) is 7.18. The molecule has 2 rings (SSSR count). The van der Waals surface area contributed by atoms with E-state index in [9.17, 15) is 13.2 Å². The third-order valence-electron chi connectivity index (χ3n) is 2.89. The Morgan fingerprint density at radius 3 is 2.78 bits per heavy atom. The number of benzene rings is 1. The molecule has 0 saturated carbocycles. The maximum Gasteiger partial charge on any atom is 0.418 e. The molecular formula is C12H13ClF3NS. The highest BCUT2D eigenvalue weighted by molar-refractivity contribution is 7.99. The van der Waals surface area contributed by atoms with Gasteiger partial charge in [-0.1, -0.05) is 11.6 Å². The summed E-state index contributed by atoms with van der Waals surface area (Å²) in [7, 11) is 0. The number of rotatable bonds is 3. The average molecular weight is 296 g/mol. The Morgan fingerprint density at radius 1 is 1.39 bits per heavy atom. The van der Waals surface area contributed by atoms with Gasteiger partial charge in [0, 0.05) is 17.3 Å². The molecule has 6 heteroatoms. The minimum Gasteiger partial charge on any atom is -0.384 e. The highest BCUT2D eigenvalue weighted by Crippen LogP contribution is 2.36. The van der Waals surface area contributed by atoms with E-state index in [0.717, 1.165) is 24.0 Å². The van der Waals surface area contributed by atoms with Crippen molar-refractivity contribution in [3.05, 3.63) is 28.8 Å². The van der Waals surface area contributed by atoms with Gasteiger partial charge in [0.1, 0.15) is 0 Å². The van der Waals surface area contributed by atoms with E-state index in [1.54, 1.807) is 0 Å². The Hall–Kier alpha value is -0.550. The molecule has 100 valence electrons. The highest BCUT2D eigenvalue weighted by Gasteiger charge is 2.33. The van der Waals surface area contributed by atoms with E-state index in [1.165, 1.54) is 12.1 Å². The third-order valence-corrected chi connectivity index (χ3v) is 4.36. The van der Waals surface area contributed by atoms with Crippen LogP contribution in [0.4, 0.5) is 18.9 Å². The number of anilines is 1. The minimum atomic E-state index is -4.38. The molecule has 1 aliphatic rings. The average Bonchev–Trinajstić information content (AvgIpc) is 2.79. The smallest absolute Gasteiger partial charge is 0.384 e. The van der Waals surface area contributed by atoms with Gasteiger partial charge in [0.2, 0.25) is 0 Å². The van der Waals surface area contributed by atoms with Crippen molar-refractivity contribution < 1.29 is 13.2 Å². The Kier molecular flexibility index (Phi) is 4.33. The molecule has 0 bridgehead atoms. The summed E-state index contributed by atoms with van der Waals surface area (Å²) in [5, 5.41) is 3.00.